The van der Waals surface area contributed by atoms with Gasteiger partial charge in [-0.15, -0.1) is 24.8 Å². The second kappa shape index (κ2) is 9.50. The highest BCUT2D eigenvalue weighted by atomic mass is 35.5. The first-order chi connectivity index (χ1) is 8.72. The molecule has 2 rings (SSSR count). The van der Waals surface area contributed by atoms with Crippen molar-refractivity contribution in [2.45, 2.75) is 25.8 Å². The molecule has 20 heavy (non-hydrogen) atoms. The Hall–Kier alpha value is -0.420. The lowest BCUT2D eigenvalue weighted by Crippen LogP contribution is -2.45. The summed E-state index contributed by atoms with van der Waals surface area (Å²) in [6.45, 7) is 5.80. The molecule has 1 aliphatic rings. The van der Waals surface area contributed by atoms with E-state index in [1.807, 2.05) is 0 Å². The normalized spacial score (nSPS) is 16.9. The van der Waals surface area contributed by atoms with E-state index in [-0.39, 0.29) is 30.9 Å². The number of hydrogen-bond donors (Lipinski definition) is 1. The molecule has 0 saturated carbocycles. The first-order valence-corrected chi connectivity index (χ1v) is 6.62. The molecule has 0 bridgehead atoms. The lowest BCUT2D eigenvalue weighted by atomic mass is 9.99. The Morgan fingerprint density at radius 1 is 1.20 bits per heavy atom. The van der Waals surface area contributed by atoms with E-state index in [0.717, 1.165) is 45.1 Å². The number of halogens is 4. The van der Waals surface area contributed by atoms with Crippen molar-refractivity contribution >= 4 is 24.8 Å². The van der Waals surface area contributed by atoms with Crippen molar-refractivity contribution in [3.8, 4) is 0 Å². The fourth-order valence-electron chi connectivity index (χ4n) is 2.57. The van der Waals surface area contributed by atoms with Gasteiger partial charge in [0, 0.05) is 43.9 Å². The third-order valence-electron chi connectivity index (χ3n) is 3.48. The Balaban J connectivity index is 0.00000180. The topological polar surface area (TPSA) is 15.3 Å². The second-order valence-corrected chi connectivity index (χ2v) is 4.76. The van der Waals surface area contributed by atoms with Crippen LogP contribution >= 0.6 is 24.8 Å². The highest BCUT2D eigenvalue weighted by Crippen LogP contribution is 2.28. The summed E-state index contributed by atoms with van der Waals surface area (Å²) in [5.41, 5.74) is 0.625. The number of nitrogens with one attached hydrogen (secondary N) is 1. The molecular weight excluding hydrogens is 305 g/mol. The molecule has 2 nitrogen and oxygen atoms in total. The van der Waals surface area contributed by atoms with E-state index in [1.54, 1.807) is 6.07 Å². The van der Waals surface area contributed by atoms with Crippen LogP contribution in [0.1, 0.15) is 31.4 Å². The minimum atomic E-state index is -0.508. The fraction of sp³-hybridized carbons (Fsp3) is 0.571. The van der Waals surface area contributed by atoms with Crippen molar-refractivity contribution in [1.82, 2.24) is 10.2 Å². The van der Waals surface area contributed by atoms with Crippen molar-refractivity contribution in [2.24, 2.45) is 0 Å². The molecule has 1 heterocycles. The van der Waals surface area contributed by atoms with E-state index in [1.165, 1.54) is 6.07 Å². The van der Waals surface area contributed by atoms with Crippen LogP contribution in [-0.4, -0.2) is 31.1 Å². The van der Waals surface area contributed by atoms with E-state index in [0.29, 0.717) is 5.56 Å². The van der Waals surface area contributed by atoms with Crippen LogP contribution < -0.4 is 5.32 Å². The lowest BCUT2D eigenvalue weighted by molar-refractivity contribution is 0.161. The molecule has 1 aromatic carbocycles. The molecule has 0 unspecified atom stereocenters. The molecular formula is C14H22Cl2F2N2. The molecule has 1 saturated heterocycles. The maximum atomic E-state index is 13.9. The number of benzene rings is 1. The fourth-order valence-corrected chi connectivity index (χ4v) is 2.57. The largest absolute Gasteiger partial charge is 0.314 e. The molecule has 1 atom stereocenters. The maximum Gasteiger partial charge on any atom is 0.130 e. The summed E-state index contributed by atoms with van der Waals surface area (Å²) in [7, 11) is 0. The maximum absolute atomic E-state index is 13.9. The Morgan fingerprint density at radius 2 is 1.85 bits per heavy atom. The summed E-state index contributed by atoms with van der Waals surface area (Å²) in [5.74, 6) is -0.932. The smallest absolute Gasteiger partial charge is 0.130 e. The van der Waals surface area contributed by atoms with E-state index < -0.39 is 11.6 Å². The van der Waals surface area contributed by atoms with E-state index in [2.05, 4.69) is 17.1 Å². The van der Waals surface area contributed by atoms with Crippen LogP contribution in [-0.2, 0) is 0 Å². The molecule has 0 amide bonds. The third-order valence-corrected chi connectivity index (χ3v) is 3.48. The van der Waals surface area contributed by atoms with Gasteiger partial charge in [-0.05, 0) is 12.5 Å². The first kappa shape index (κ1) is 19.6. The minimum absolute atomic E-state index is 0. The van der Waals surface area contributed by atoms with Crippen molar-refractivity contribution in [1.29, 1.82) is 0 Å². The van der Waals surface area contributed by atoms with Crippen molar-refractivity contribution in [3.05, 3.63) is 35.4 Å². The van der Waals surface area contributed by atoms with Crippen LogP contribution in [0, 0.1) is 11.6 Å². The predicted molar refractivity (Wildman–Crippen MR) is 82.9 cm³/mol. The molecule has 1 aliphatic heterocycles. The van der Waals surface area contributed by atoms with Crippen LogP contribution in [0.2, 0.25) is 0 Å². The molecule has 0 spiro atoms. The zero-order valence-corrected chi connectivity index (χ0v) is 13.2. The minimum Gasteiger partial charge on any atom is -0.314 e. The molecule has 1 N–H and O–H groups in total. The zero-order chi connectivity index (χ0) is 13.0. The van der Waals surface area contributed by atoms with Gasteiger partial charge in [0.15, 0.2) is 0 Å². The number of rotatable bonds is 4. The Bertz CT molecular complexity index is 399. The monoisotopic (exact) mass is 326 g/mol. The van der Waals surface area contributed by atoms with Crippen LogP contribution in [0.5, 0.6) is 0 Å². The van der Waals surface area contributed by atoms with Crippen molar-refractivity contribution in [3.63, 3.8) is 0 Å². The van der Waals surface area contributed by atoms with Crippen molar-refractivity contribution < 1.29 is 8.78 Å². The van der Waals surface area contributed by atoms with Gasteiger partial charge in [-0.1, -0.05) is 19.4 Å². The van der Waals surface area contributed by atoms with Gasteiger partial charge in [0.1, 0.15) is 11.6 Å². The Kier molecular flexibility index (Phi) is 9.30. The molecule has 1 aromatic rings. The van der Waals surface area contributed by atoms with Gasteiger partial charge in [-0.25, -0.2) is 8.78 Å². The first-order valence-electron chi connectivity index (χ1n) is 6.62. The van der Waals surface area contributed by atoms with Gasteiger partial charge in [0.05, 0.1) is 0 Å². The van der Waals surface area contributed by atoms with Gasteiger partial charge in [0.25, 0.3) is 0 Å². The summed E-state index contributed by atoms with van der Waals surface area (Å²) in [4.78, 5) is 2.29. The highest BCUT2D eigenvalue weighted by Gasteiger charge is 2.23. The lowest BCUT2D eigenvalue weighted by Gasteiger charge is -2.35. The highest BCUT2D eigenvalue weighted by molar-refractivity contribution is 5.85. The average Bonchev–Trinajstić information content (AvgIpc) is 2.38. The molecule has 116 valence electrons. The second-order valence-electron chi connectivity index (χ2n) is 4.76. The van der Waals surface area contributed by atoms with Crippen LogP contribution in [0.25, 0.3) is 0 Å². The van der Waals surface area contributed by atoms with Gasteiger partial charge >= 0.3 is 0 Å². The third kappa shape index (κ3) is 4.85. The summed E-state index contributed by atoms with van der Waals surface area (Å²) in [6, 6.07) is 3.99. The Labute approximate surface area is 131 Å². The predicted octanol–water partition coefficient (Wildman–Crippen LogP) is 3.55. The molecule has 0 radical (unpaired) electrons. The van der Waals surface area contributed by atoms with Crippen LogP contribution in [0.15, 0.2) is 18.2 Å². The van der Waals surface area contributed by atoms with Gasteiger partial charge < -0.3 is 5.32 Å². The SMILES string of the molecule is CCC[C@H](c1ccc(F)cc1F)N1CCNCC1.Cl.Cl. The van der Waals surface area contributed by atoms with Gasteiger partial charge in [0.2, 0.25) is 0 Å². The van der Waals surface area contributed by atoms with Crippen LogP contribution in [0.4, 0.5) is 8.78 Å². The van der Waals surface area contributed by atoms with Crippen molar-refractivity contribution in [2.75, 3.05) is 26.2 Å². The number of piperazine rings is 1. The van der Waals surface area contributed by atoms with E-state index >= 15 is 0 Å². The summed E-state index contributed by atoms with van der Waals surface area (Å²) >= 11 is 0. The Morgan fingerprint density at radius 3 is 2.40 bits per heavy atom. The van der Waals surface area contributed by atoms with Crippen LogP contribution in [0.3, 0.4) is 0 Å². The van der Waals surface area contributed by atoms with Gasteiger partial charge in [-0.3, -0.25) is 4.90 Å². The molecule has 1 fully saturated rings. The van der Waals surface area contributed by atoms with E-state index in [9.17, 15) is 8.78 Å². The quantitative estimate of drug-likeness (QED) is 0.910. The molecule has 6 heteroatoms. The zero-order valence-electron chi connectivity index (χ0n) is 11.6. The van der Waals surface area contributed by atoms with E-state index in [4.69, 9.17) is 0 Å². The molecule has 0 aliphatic carbocycles. The summed E-state index contributed by atoms with van der Waals surface area (Å²) in [6.07, 6.45) is 1.90. The summed E-state index contributed by atoms with van der Waals surface area (Å²) in [5, 5.41) is 3.29. The standard InChI is InChI=1S/C14H20F2N2.2ClH/c1-2-3-14(18-8-6-17-7-9-18)12-5-4-11(15)10-13(12)16;;/h4-5,10,14,17H,2-3,6-9H2,1H3;2*1H/t14-;;/m1../s1. The molecule has 0 aromatic heterocycles. The average molecular weight is 327 g/mol. The number of nitrogens with zero attached hydrogens (tertiary/aromatic N) is 1. The van der Waals surface area contributed by atoms with Gasteiger partial charge in [-0.2, -0.15) is 0 Å². The summed E-state index contributed by atoms with van der Waals surface area (Å²) < 4.78 is 26.9. The number of hydrogen-bond acceptors (Lipinski definition) is 2.